The number of aromatic nitrogens is 1. The molecular weight excluding hydrogens is 196 g/mol. The molecule has 1 aliphatic carbocycles. The van der Waals surface area contributed by atoms with Crippen molar-refractivity contribution in [2.45, 2.75) is 24.9 Å². The Morgan fingerprint density at radius 3 is 2.87 bits per heavy atom. The molecule has 1 amide bonds. The minimum Gasteiger partial charge on any atom is -0.389 e. The Morgan fingerprint density at radius 2 is 2.27 bits per heavy atom. The number of carbonyl (C=O) groups excluding carboxylic acids is 1. The third-order valence-electron chi connectivity index (χ3n) is 2.88. The molecule has 1 aromatic rings. The van der Waals surface area contributed by atoms with Gasteiger partial charge in [-0.25, -0.2) is 0 Å². The highest BCUT2D eigenvalue weighted by molar-refractivity contribution is 5.92. The summed E-state index contributed by atoms with van der Waals surface area (Å²) in [7, 11) is 0. The second-order valence-electron chi connectivity index (χ2n) is 4.25. The molecule has 1 aromatic heterocycles. The summed E-state index contributed by atoms with van der Waals surface area (Å²) in [4.78, 5) is 13.3. The van der Waals surface area contributed by atoms with E-state index in [1.807, 2.05) is 0 Å². The summed E-state index contributed by atoms with van der Waals surface area (Å²) in [5.41, 5.74) is 0.365. The molecule has 1 aliphatic heterocycles. The van der Waals surface area contributed by atoms with Crippen molar-refractivity contribution in [2.75, 3.05) is 13.1 Å². The molecule has 1 saturated carbocycles. The molecule has 5 heteroatoms. The van der Waals surface area contributed by atoms with Crippen LogP contribution in [0.2, 0.25) is 0 Å². The van der Waals surface area contributed by atoms with Crippen molar-refractivity contribution in [3.05, 3.63) is 17.5 Å². The minimum absolute atomic E-state index is 0.143. The van der Waals surface area contributed by atoms with Crippen LogP contribution in [-0.2, 0) is 0 Å². The van der Waals surface area contributed by atoms with Gasteiger partial charge in [0.25, 0.3) is 5.91 Å². The molecule has 5 nitrogen and oxygen atoms in total. The van der Waals surface area contributed by atoms with Gasteiger partial charge in [0.05, 0.1) is 6.10 Å². The van der Waals surface area contributed by atoms with Crippen molar-refractivity contribution < 1.29 is 14.4 Å². The lowest BCUT2D eigenvalue weighted by Crippen LogP contribution is -2.53. The van der Waals surface area contributed by atoms with E-state index in [9.17, 15) is 4.79 Å². The van der Waals surface area contributed by atoms with Crippen LogP contribution in [0.4, 0.5) is 0 Å². The predicted octanol–water partition coefficient (Wildman–Crippen LogP) is 0.369. The van der Waals surface area contributed by atoms with Gasteiger partial charge in [0.2, 0.25) is 0 Å². The van der Waals surface area contributed by atoms with Gasteiger partial charge in [-0.1, -0.05) is 5.16 Å². The van der Waals surface area contributed by atoms with E-state index in [4.69, 9.17) is 9.63 Å². The molecule has 0 spiro atoms. The van der Waals surface area contributed by atoms with Gasteiger partial charge in [0.1, 0.15) is 5.76 Å². The molecule has 3 rings (SSSR count). The zero-order valence-corrected chi connectivity index (χ0v) is 8.22. The first-order valence-electron chi connectivity index (χ1n) is 5.18. The first-order valence-corrected chi connectivity index (χ1v) is 5.18. The minimum atomic E-state index is -0.372. The van der Waals surface area contributed by atoms with E-state index in [1.165, 1.54) is 0 Å². The zero-order valence-electron chi connectivity index (χ0n) is 8.22. The van der Waals surface area contributed by atoms with Crippen molar-refractivity contribution in [1.29, 1.82) is 0 Å². The van der Waals surface area contributed by atoms with Crippen molar-refractivity contribution in [3.63, 3.8) is 0 Å². The van der Waals surface area contributed by atoms with Crippen LogP contribution in [-0.4, -0.2) is 40.3 Å². The molecule has 0 radical (unpaired) electrons. The van der Waals surface area contributed by atoms with Gasteiger partial charge in [-0.2, -0.15) is 0 Å². The van der Waals surface area contributed by atoms with E-state index >= 15 is 0 Å². The van der Waals surface area contributed by atoms with Crippen molar-refractivity contribution in [2.24, 2.45) is 0 Å². The summed E-state index contributed by atoms with van der Waals surface area (Å²) < 4.78 is 5.10. The van der Waals surface area contributed by atoms with E-state index in [0.717, 1.165) is 18.6 Å². The summed E-state index contributed by atoms with van der Waals surface area (Å²) in [6.45, 7) is 0.814. The first-order chi connectivity index (χ1) is 7.24. The van der Waals surface area contributed by atoms with Gasteiger partial charge in [0, 0.05) is 25.1 Å². The van der Waals surface area contributed by atoms with Crippen LogP contribution in [0.5, 0.6) is 0 Å². The molecule has 0 unspecified atom stereocenters. The summed E-state index contributed by atoms with van der Waals surface area (Å²) in [6.07, 6.45) is 1.89. The van der Waals surface area contributed by atoms with E-state index in [2.05, 4.69) is 5.16 Å². The lowest BCUT2D eigenvalue weighted by atomic mass is 10.1. The Balaban J connectivity index is 1.71. The Hall–Kier alpha value is -1.36. The van der Waals surface area contributed by atoms with Gasteiger partial charge < -0.3 is 14.5 Å². The number of aliphatic hydroxyl groups excluding tert-OH is 1. The molecule has 2 fully saturated rings. The SMILES string of the molecule is O=C(c1cc(C2CC2)on1)N1CC(O)C1. The number of hydrogen-bond donors (Lipinski definition) is 1. The normalized spacial score (nSPS) is 21.5. The molecule has 2 heterocycles. The number of nitrogens with zero attached hydrogens (tertiary/aromatic N) is 2. The van der Waals surface area contributed by atoms with E-state index < -0.39 is 0 Å². The molecule has 0 bridgehead atoms. The Morgan fingerprint density at radius 1 is 1.53 bits per heavy atom. The maximum Gasteiger partial charge on any atom is 0.276 e. The summed E-state index contributed by atoms with van der Waals surface area (Å²) in [6, 6.07) is 1.73. The maximum absolute atomic E-state index is 11.7. The van der Waals surface area contributed by atoms with Crippen LogP contribution in [0.25, 0.3) is 0 Å². The average Bonchev–Trinajstić information content (AvgIpc) is 2.91. The highest BCUT2D eigenvalue weighted by Crippen LogP contribution is 2.40. The van der Waals surface area contributed by atoms with Crippen LogP contribution in [0.15, 0.2) is 10.6 Å². The third-order valence-corrected chi connectivity index (χ3v) is 2.88. The summed E-state index contributed by atoms with van der Waals surface area (Å²) >= 11 is 0. The second-order valence-corrected chi connectivity index (χ2v) is 4.25. The quantitative estimate of drug-likeness (QED) is 0.762. The maximum atomic E-state index is 11.7. The lowest BCUT2D eigenvalue weighted by molar-refractivity contribution is 0.00524. The number of hydrogen-bond acceptors (Lipinski definition) is 4. The zero-order chi connectivity index (χ0) is 10.4. The van der Waals surface area contributed by atoms with Gasteiger partial charge in [0.15, 0.2) is 5.69 Å². The fraction of sp³-hybridized carbons (Fsp3) is 0.600. The monoisotopic (exact) mass is 208 g/mol. The lowest BCUT2D eigenvalue weighted by Gasteiger charge is -2.35. The van der Waals surface area contributed by atoms with E-state index in [1.54, 1.807) is 11.0 Å². The average molecular weight is 208 g/mol. The van der Waals surface area contributed by atoms with Crippen LogP contribution < -0.4 is 0 Å². The van der Waals surface area contributed by atoms with Gasteiger partial charge in [-0.15, -0.1) is 0 Å². The Kier molecular flexibility index (Phi) is 1.82. The van der Waals surface area contributed by atoms with Gasteiger partial charge in [-0.05, 0) is 12.8 Å². The topological polar surface area (TPSA) is 66.6 Å². The molecule has 1 N–H and O–H groups in total. The number of rotatable bonds is 2. The van der Waals surface area contributed by atoms with Crippen LogP contribution in [0.3, 0.4) is 0 Å². The van der Waals surface area contributed by atoms with Crippen molar-refractivity contribution in [1.82, 2.24) is 10.1 Å². The second kappa shape index (κ2) is 3.06. The fourth-order valence-corrected chi connectivity index (χ4v) is 1.73. The third kappa shape index (κ3) is 1.52. The van der Waals surface area contributed by atoms with Crippen molar-refractivity contribution in [3.8, 4) is 0 Å². The van der Waals surface area contributed by atoms with Crippen LogP contribution in [0, 0.1) is 0 Å². The molecule has 80 valence electrons. The highest BCUT2D eigenvalue weighted by Gasteiger charge is 2.33. The number of likely N-dealkylation sites (tertiary alicyclic amines) is 1. The smallest absolute Gasteiger partial charge is 0.276 e. The summed E-state index contributed by atoms with van der Waals surface area (Å²) in [5.74, 6) is 1.15. The predicted molar refractivity (Wildman–Crippen MR) is 50.4 cm³/mol. The standard InChI is InChI=1S/C10H12N2O3/c13-7-4-12(5-7)10(14)8-3-9(15-11-8)6-1-2-6/h3,6-7,13H,1-2,4-5H2. The number of β-amino-alcohol motifs (C(OH)–C–C–N with tert-alkyl or cyclic N) is 1. The summed E-state index contributed by atoms with van der Waals surface area (Å²) in [5, 5.41) is 12.8. The number of amides is 1. The molecule has 0 aromatic carbocycles. The first kappa shape index (κ1) is 8.91. The van der Waals surface area contributed by atoms with E-state index in [-0.39, 0.29) is 12.0 Å². The van der Waals surface area contributed by atoms with Crippen molar-refractivity contribution >= 4 is 5.91 Å². The highest BCUT2D eigenvalue weighted by atomic mass is 16.5. The molecule has 1 saturated heterocycles. The van der Waals surface area contributed by atoms with Crippen LogP contribution in [0.1, 0.15) is 35.0 Å². The van der Waals surface area contributed by atoms with Crippen LogP contribution >= 0.6 is 0 Å². The number of carbonyl (C=O) groups is 1. The van der Waals surface area contributed by atoms with Gasteiger partial charge >= 0.3 is 0 Å². The van der Waals surface area contributed by atoms with Gasteiger partial charge in [-0.3, -0.25) is 4.79 Å². The largest absolute Gasteiger partial charge is 0.389 e. The molecular formula is C10H12N2O3. The molecule has 0 atom stereocenters. The number of aliphatic hydroxyl groups is 1. The fourth-order valence-electron chi connectivity index (χ4n) is 1.73. The molecule has 15 heavy (non-hydrogen) atoms. The Labute approximate surface area is 86.7 Å². The molecule has 2 aliphatic rings. The van der Waals surface area contributed by atoms with E-state index in [0.29, 0.717) is 24.7 Å². The Bertz CT molecular complexity index is 391.